The quantitative estimate of drug-likeness (QED) is 0.905. The second-order valence-corrected chi connectivity index (χ2v) is 4.48. The van der Waals surface area contributed by atoms with Crippen LogP contribution < -0.4 is 10.1 Å². The van der Waals surface area contributed by atoms with Crippen molar-refractivity contribution in [3.05, 3.63) is 27.7 Å². The zero-order chi connectivity index (χ0) is 12.1. The maximum atomic E-state index is 5.77. The van der Waals surface area contributed by atoms with Gasteiger partial charge in [-0.25, -0.2) is 0 Å². The fourth-order valence-electron chi connectivity index (χ4n) is 1.16. The van der Waals surface area contributed by atoms with Crippen LogP contribution in [0.4, 0.5) is 5.95 Å². The molecule has 0 saturated carbocycles. The number of halogens is 1. The molecule has 2 aromatic heterocycles. The highest BCUT2D eigenvalue weighted by molar-refractivity contribution is 7.09. The molecule has 0 saturated heterocycles. The number of aromatic nitrogens is 3. The minimum Gasteiger partial charge on any atom is -0.458 e. The predicted molar refractivity (Wildman–Crippen MR) is 67.7 cm³/mol. The third kappa shape index (κ3) is 3.54. The first-order valence-corrected chi connectivity index (χ1v) is 6.34. The Morgan fingerprint density at radius 3 is 3.00 bits per heavy atom. The zero-order valence-corrected chi connectivity index (χ0v) is 10.8. The maximum Gasteiger partial charge on any atom is 0.322 e. The van der Waals surface area contributed by atoms with E-state index in [1.807, 2.05) is 24.4 Å². The van der Waals surface area contributed by atoms with E-state index in [0.717, 1.165) is 4.88 Å². The smallest absolute Gasteiger partial charge is 0.322 e. The topological polar surface area (TPSA) is 59.9 Å². The first-order chi connectivity index (χ1) is 8.28. The van der Waals surface area contributed by atoms with Gasteiger partial charge in [-0.15, -0.1) is 11.3 Å². The summed E-state index contributed by atoms with van der Waals surface area (Å²) >= 11 is 7.38. The Morgan fingerprint density at radius 1 is 1.41 bits per heavy atom. The van der Waals surface area contributed by atoms with E-state index in [1.165, 1.54) is 0 Å². The van der Waals surface area contributed by atoms with E-state index in [1.54, 1.807) is 11.3 Å². The summed E-state index contributed by atoms with van der Waals surface area (Å²) in [7, 11) is 0. The minimum atomic E-state index is 0.122. The number of hydrogen-bond donors (Lipinski definition) is 1. The van der Waals surface area contributed by atoms with Gasteiger partial charge in [0.25, 0.3) is 0 Å². The summed E-state index contributed by atoms with van der Waals surface area (Å²) in [6, 6.07) is 4.18. The molecule has 1 N–H and O–H groups in total. The molecule has 0 aromatic carbocycles. The van der Waals surface area contributed by atoms with Crippen LogP contribution >= 0.6 is 22.9 Å². The second kappa shape index (κ2) is 5.79. The van der Waals surface area contributed by atoms with Crippen LogP contribution in [0.2, 0.25) is 5.28 Å². The molecule has 0 aliphatic carbocycles. The van der Waals surface area contributed by atoms with E-state index < -0.39 is 0 Å². The van der Waals surface area contributed by atoms with Crippen LogP contribution in [-0.4, -0.2) is 21.5 Å². The Morgan fingerprint density at radius 2 is 2.29 bits per heavy atom. The maximum absolute atomic E-state index is 5.77. The fraction of sp³-hybridized carbons (Fsp3) is 0.300. The average molecular weight is 271 g/mol. The van der Waals surface area contributed by atoms with Crippen LogP contribution in [0.15, 0.2) is 17.5 Å². The monoisotopic (exact) mass is 270 g/mol. The summed E-state index contributed by atoms with van der Waals surface area (Å²) < 4.78 is 5.44. The summed E-state index contributed by atoms with van der Waals surface area (Å²) in [5, 5.41) is 5.07. The molecule has 0 bridgehead atoms. The molecular formula is C10H11ClN4OS. The number of hydrogen-bond acceptors (Lipinski definition) is 6. The summed E-state index contributed by atoms with van der Waals surface area (Å²) in [4.78, 5) is 13.0. The number of nitrogens with one attached hydrogen (secondary N) is 1. The molecule has 0 radical (unpaired) electrons. The number of nitrogens with zero attached hydrogens (tertiary/aromatic N) is 3. The van der Waals surface area contributed by atoms with Crippen molar-refractivity contribution in [2.45, 2.75) is 13.5 Å². The molecule has 0 unspecified atom stereocenters. The Balaban J connectivity index is 2.04. The van der Waals surface area contributed by atoms with E-state index in [-0.39, 0.29) is 11.3 Å². The molecule has 2 aromatic rings. The zero-order valence-electron chi connectivity index (χ0n) is 9.18. The lowest BCUT2D eigenvalue weighted by Gasteiger charge is -2.05. The molecule has 17 heavy (non-hydrogen) atoms. The molecule has 0 aliphatic rings. The minimum absolute atomic E-state index is 0.122. The van der Waals surface area contributed by atoms with Crippen LogP contribution in [-0.2, 0) is 6.61 Å². The van der Waals surface area contributed by atoms with E-state index in [4.69, 9.17) is 16.3 Å². The molecule has 2 rings (SSSR count). The molecule has 7 heteroatoms. The standard InChI is InChI=1S/C10H11ClN4OS/c1-2-12-9-13-8(11)14-10(15-9)16-6-7-4-3-5-17-7/h3-5H,2,6H2,1H3,(H,12,13,14,15). The van der Waals surface area contributed by atoms with E-state index in [9.17, 15) is 0 Å². The number of ether oxygens (including phenoxy) is 1. The Kier molecular flexibility index (Phi) is 4.11. The summed E-state index contributed by atoms with van der Waals surface area (Å²) in [6.45, 7) is 3.10. The van der Waals surface area contributed by atoms with Gasteiger partial charge in [0, 0.05) is 11.4 Å². The van der Waals surface area contributed by atoms with Crippen molar-refractivity contribution in [1.29, 1.82) is 0 Å². The Bertz CT molecular complexity index is 477. The number of rotatable bonds is 5. The third-order valence-corrected chi connectivity index (χ3v) is 2.87. The van der Waals surface area contributed by atoms with Crippen molar-refractivity contribution in [1.82, 2.24) is 15.0 Å². The van der Waals surface area contributed by atoms with Gasteiger partial charge in [0.1, 0.15) is 6.61 Å². The van der Waals surface area contributed by atoms with Gasteiger partial charge in [-0.3, -0.25) is 0 Å². The van der Waals surface area contributed by atoms with Crippen molar-refractivity contribution in [3.63, 3.8) is 0 Å². The lowest BCUT2D eigenvalue weighted by atomic mass is 10.5. The van der Waals surface area contributed by atoms with Gasteiger partial charge in [0.15, 0.2) is 0 Å². The van der Waals surface area contributed by atoms with Gasteiger partial charge in [0.05, 0.1) is 0 Å². The van der Waals surface area contributed by atoms with Crippen LogP contribution in [0.1, 0.15) is 11.8 Å². The van der Waals surface area contributed by atoms with Gasteiger partial charge in [-0.2, -0.15) is 15.0 Å². The molecule has 0 amide bonds. The van der Waals surface area contributed by atoms with E-state index in [2.05, 4.69) is 20.3 Å². The van der Waals surface area contributed by atoms with E-state index in [0.29, 0.717) is 19.1 Å². The highest BCUT2D eigenvalue weighted by atomic mass is 35.5. The lowest BCUT2D eigenvalue weighted by molar-refractivity contribution is 0.283. The first-order valence-electron chi connectivity index (χ1n) is 5.08. The SMILES string of the molecule is CCNc1nc(Cl)nc(OCc2cccs2)n1. The van der Waals surface area contributed by atoms with Crippen LogP contribution in [0.3, 0.4) is 0 Å². The normalized spacial score (nSPS) is 10.2. The predicted octanol–water partition coefficient (Wildman–Crippen LogP) is 2.60. The highest BCUT2D eigenvalue weighted by Gasteiger charge is 2.05. The average Bonchev–Trinajstić information content (AvgIpc) is 2.79. The molecule has 0 atom stereocenters. The molecule has 2 heterocycles. The van der Waals surface area contributed by atoms with Crippen molar-refractivity contribution >= 4 is 28.9 Å². The van der Waals surface area contributed by atoms with Gasteiger partial charge in [-0.1, -0.05) is 6.07 Å². The van der Waals surface area contributed by atoms with E-state index >= 15 is 0 Å². The molecular weight excluding hydrogens is 260 g/mol. The number of thiophene rings is 1. The lowest BCUT2D eigenvalue weighted by Crippen LogP contribution is -2.06. The highest BCUT2D eigenvalue weighted by Crippen LogP contribution is 2.14. The fourth-order valence-corrected chi connectivity index (χ4v) is 1.93. The van der Waals surface area contributed by atoms with Crippen molar-refractivity contribution < 1.29 is 4.74 Å². The summed E-state index contributed by atoms with van der Waals surface area (Å²) in [6.07, 6.45) is 0. The third-order valence-electron chi connectivity index (χ3n) is 1.85. The Labute approximate surface area is 108 Å². The van der Waals surface area contributed by atoms with Gasteiger partial charge in [-0.05, 0) is 30.0 Å². The van der Waals surface area contributed by atoms with Crippen LogP contribution in [0, 0.1) is 0 Å². The second-order valence-electron chi connectivity index (χ2n) is 3.11. The molecule has 0 spiro atoms. The van der Waals surface area contributed by atoms with Gasteiger partial charge < -0.3 is 10.1 Å². The van der Waals surface area contributed by atoms with Crippen molar-refractivity contribution in [2.24, 2.45) is 0 Å². The van der Waals surface area contributed by atoms with Crippen LogP contribution in [0.5, 0.6) is 6.01 Å². The molecule has 0 aliphatic heterocycles. The summed E-state index contributed by atoms with van der Waals surface area (Å²) in [5.74, 6) is 0.425. The Hall–Kier alpha value is -1.40. The van der Waals surface area contributed by atoms with Crippen molar-refractivity contribution in [3.8, 4) is 6.01 Å². The number of anilines is 1. The molecule has 0 fully saturated rings. The van der Waals surface area contributed by atoms with Crippen molar-refractivity contribution in [2.75, 3.05) is 11.9 Å². The largest absolute Gasteiger partial charge is 0.458 e. The van der Waals surface area contributed by atoms with Gasteiger partial charge >= 0.3 is 6.01 Å². The van der Waals surface area contributed by atoms with Crippen LogP contribution in [0.25, 0.3) is 0 Å². The first kappa shape index (κ1) is 12.1. The molecule has 5 nitrogen and oxygen atoms in total. The molecule has 90 valence electrons. The summed E-state index contributed by atoms with van der Waals surface area (Å²) in [5.41, 5.74) is 0. The van der Waals surface area contributed by atoms with Gasteiger partial charge in [0.2, 0.25) is 11.2 Å².